The second kappa shape index (κ2) is 5.92. The molecule has 0 unspecified atom stereocenters. The number of aromatic amines is 1. The van der Waals surface area contributed by atoms with Gasteiger partial charge in [-0.3, -0.25) is 4.68 Å². The molecule has 3 aromatic heterocycles. The van der Waals surface area contributed by atoms with Crippen molar-refractivity contribution in [2.75, 3.05) is 18.0 Å². The van der Waals surface area contributed by atoms with Gasteiger partial charge >= 0.3 is 0 Å². The summed E-state index contributed by atoms with van der Waals surface area (Å²) in [5.74, 6) is 1.48. The van der Waals surface area contributed by atoms with E-state index in [0.717, 1.165) is 43.8 Å². The Balaban J connectivity index is 1.41. The van der Waals surface area contributed by atoms with Gasteiger partial charge in [-0.05, 0) is 18.8 Å². The first kappa shape index (κ1) is 14.1. The lowest BCUT2D eigenvalue weighted by atomic mass is 9.97. The number of hydrogen-bond donors (Lipinski definition) is 2. The van der Waals surface area contributed by atoms with Gasteiger partial charge in [0.2, 0.25) is 0 Å². The summed E-state index contributed by atoms with van der Waals surface area (Å²) in [4.78, 5) is 18.2. The molecule has 0 amide bonds. The third-order valence-corrected chi connectivity index (χ3v) is 4.31. The van der Waals surface area contributed by atoms with Crippen LogP contribution in [0.15, 0.2) is 18.9 Å². The number of aliphatic hydroxyl groups is 1. The van der Waals surface area contributed by atoms with Gasteiger partial charge < -0.3 is 15.0 Å². The highest BCUT2D eigenvalue weighted by Gasteiger charge is 2.23. The Morgan fingerprint density at radius 3 is 2.87 bits per heavy atom. The van der Waals surface area contributed by atoms with Crippen LogP contribution in [0.4, 0.5) is 5.82 Å². The number of nitrogens with one attached hydrogen (secondary N) is 1. The number of imidazole rings is 1. The summed E-state index contributed by atoms with van der Waals surface area (Å²) in [6.45, 7) is 2.66. The summed E-state index contributed by atoms with van der Waals surface area (Å²) >= 11 is 0. The number of H-pyrrole nitrogens is 1. The molecule has 0 radical (unpaired) electrons. The van der Waals surface area contributed by atoms with Crippen LogP contribution in [0.5, 0.6) is 0 Å². The molecule has 0 aliphatic carbocycles. The molecule has 9 heteroatoms. The smallest absolute Gasteiger partial charge is 0.182 e. The third-order valence-electron chi connectivity index (χ3n) is 4.31. The quantitative estimate of drug-likeness (QED) is 0.715. The first-order chi connectivity index (χ1) is 11.3. The van der Waals surface area contributed by atoms with E-state index in [4.69, 9.17) is 5.11 Å². The van der Waals surface area contributed by atoms with Crippen LogP contribution < -0.4 is 4.90 Å². The predicted molar refractivity (Wildman–Crippen MR) is 82.6 cm³/mol. The Morgan fingerprint density at radius 2 is 2.09 bits per heavy atom. The number of nitrogens with zero attached hydrogens (tertiary/aromatic N) is 7. The minimum atomic E-state index is -0.0632. The van der Waals surface area contributed by atoms with Gasteiger partial charge in [-0.25, -0.2) is 15.0 Å². The van der Waals surface area contributed by atoms with Crippen LogP contribution in [0.25, 0.3) is 11.2 Å². The van der Waals surface area contributed by atoms with Crippen molar-refractivity contribution in [2.24, 2.45) is 5.92 Å². The summed E-state index contributed by atoms with van der Waals surface area (Å²) in [6.07, 6.45) is 7.16. The summed E-state index contributed by atoms with van der Waals surface area (Å²) in [6, 6.07) is 0. The standard InChI is InChI=1S/C14H18N8O/c23-7-11-6-22(20-19-11)5-10-1-3-21(4-2-10)14-12-13(16-8-15-12)17-9-18-14/h6,8-10,23H,1-5,7H2,(H,15,16,17,18). The number of piperidine rings is 1. The van der Waals surface area contributed by atoms with Gasteiger partial charge in [-0.2, -0.15) is 0 Å². The lowest BCUT2D eigenvalue weighted by Gasteiger charge is -2.32. The molecule has 0 spiro atoms. The van der Waals surface area contributed by atoms with E-state index < -0.39 is 0 Å². The van der Waals surface area contributed by atoms with Crippen molar-refractivity contribution < 1.29 is 5.11 Å². The maximum absolute atomic E-state index is 9.04. The molecule has 2 N–H and O–H groups in total. The highest BCUT2D eigenvalue weighted by atomic mass is 16.3. The summed E-state index contributed by atoms with van der Waals surface area (Å²) in [7, 11) is 0. The van der Waals surface area contributed by atoms with E-state index in [0.29, 0.717) is 17.3 Å². The maximum Gasteiger partial charge on any atom is 0.182 e. The number of anilines is 1. The molecule has 120 valence electrons. The zero-order chi connectivity index (χ0) is 15.6. The Morgan fingerprint density at radius 1 is 1.22 bits per heavy atom. The Kier molecular flexibility index (Phi) is 3.62. The van der Waals surface area contributed by atoms with Crippen LogP contribution in [-0.4, -0.2) is 53.1 Å². The van der Waals surface area contributed by atoms with E-state index in [2.05, 4.69) is 35.1 Å². The van der Waals surface area contributed by atoms with Crippen molar-refractivity contribution in [3.63, 3.8) is 0 Å². The first-order valence-electron chi connectivity index (χ1n) is 7.72. The van der Waals surface area contributed by atoms with Crippen LogP contribution >= 0.6 is 0 Å². The summed E-state index contributed by atoms with van der Waals surface area (Å²) in [5, 5.41) is 17.0. The zero-order valence-corrected chi connectivity index (χ0v) is 12.6. The van der Waals surface area contributed by atoms with Gasteiger partial charge in [0, 0.05) is 19.6 Å². The van der Waals surface area contributed by atoms with Gasteiger partial charge in [0.1, 0.15) is 17.5 Å². The molecule has 1 fully saturated rings. The topological polar surface area (TPSA) is 109 Å². The summed E-state index contributed by atoms with van der Waals surface area (Å²) in [5.41, 5.74) is 2.22. The molecule has 0 atom stereocenters. The highest BCUT2D eigenvalue weighted by molar-refractivity contribution is 5.82. The van der Waals surface area contributed by atoms with E-state index in [1.807, 2.05) is 10.9 Å². The third kappa shape index (κ3) is 2.74. The first-order valence-corrected chi connectivity index (χ1v) is 7.72. The van der Waals surface area contributed by atoms with Crippen LogP contribution in [0.1, 0.15) is 18.5 Å². The monoisotopic (exact) mass is 314 g/mol. The Bertz CT molecular complexity index is 789. The van der Waals surface area contributed by atoms with E-state index in [1.165, 1.54) is 0 Å². The molecule has 0 saturated carbocycles. The lowest BCUT2D eigenvalue weighted by molar-refractivity contribution is 0.276. The molecule has 1 saturated heterocycles. The molecule has 23 heavy (non-hydrogen) atoms. The van der Waals surface area contributed by atoms with E-state index in [9.17, 15) is 0 Å². The maximum atomic E-state index is 9.04. The molecule has 0 bridgehead atoms. The SMILES string of the molecule is OCc1cn(CC2CCN(c3ncnc4nc[nH]c34)CC2)nn1. The molecule has 4 heterocycles. The van der Waals surface area contributed by atoms with E-state index in [-0.39, 0.29) is 6.61 Å². The Hall–Kier alpha value is -2.55. The average Bonchev–Trinajstić information content (AvgIpc) is 3.24. The zero-order valence-electron chi connectivity index (χ0n) is 12.6. The van der Waals surface area contributed by atoms with Gasteiger partial charge in [0.05, 0.1) is 19.1 Å². The molecule has 3 aromatic rings. The molecule has 1 aliphatic heterocycles. The number of hydrogen-bond acceptors (Lipinski definition) is 7. The molecule has 4 rings (SSSR count). The van der Waals surface area contributed by atoms with Gasteiger partial charge in [0.25, 0.3) is 0 Å². The van der Waals surface area contributed by atoms with Crippen molar-refractivity contribution in [1.29, 1.82) is 0 Å². The minimum absolute atomic E-state index is 0.0632. The van der Waals surface area contributed by atoms with Gasteiger partial charge in [-0.15, -0.1) is 5.10 Å². The van der Waals surface area contributed by atoms with E-state index >= 15 is 0 Å². The highest BCUT2D eigenvalue weighted by Crippen LogP contribution is 2.26. The fraction of sp³-hybridized carbons (Fsp3) is 0.500. The largest absolute Gasteiger partial charge is 0.390 e. The fourth-order valence-corrected chi connectivity index (χ4v) is 3.08. The van der Waals surface area contributed by atoms with Crippen molar-refractivity contribution in [1.82, 2.24) is 34.9 Å². The van der Waals surface area contributed by atoms with Crippen LogP contribution in [-0.2, 0) is 13.2 Å². The lowest BCUT2D eigenvalue weighted by Crippen LogP contribution is -2.35. The van der Waals surface area contributed by atoms with Crippen molar-refractivity contribution in [2.45, 2.75) is 26.0 Å². The molecule has 9 nitrogen and oxygen atoms in total. The minimum Gasteiger partial charge on any atom is -0.390 e. The van der Waals surface area contributed by atoms with E-state index in [1.54, 1.807) is 12.7 Å². The normalized spacial score (nSPS) is 16.3. The van der Waals surface area contributed by atoms with Gasteiger partial charge in [0.15, 0.2) is 11.5 Å². The fourth-order valence-electron chi connectivity index (χ4n) is 3.08. The predicted octanol–water partition coefficient (Wildman–Crippen LogP) is 0.353. The summed E-state index contributed by atoms with van der Waals surface area (Å²) < 4.78 is 1.82. The van der Waals surface area contributed by atoms with Crippen LogP contribution in [0, 0.1) is 5.92 Å². The second-order valence-electron chi connectivity index (χ2n) is 5.82. The number of aromatic nitrogens is 7. The van der Waals surface area contributed by atoms with Crippen LogP contribution in [0.2, 0.25) is 0 Å². The Labute approximate surface area is 132 Å². The van der Waals surface area contributed by atoms with Crippen LogP contribution in [0.3, 0.4) is 0 Å². The molecular formula is C14H18N8O. The average molecular weight is 314 g/mol. The molecular weight excluding hydrogens is 296 g/mol. The van der Waals surface area contributed by atoms with Gasteiger partial charge in [-0.1, -0.05) is 5.21 Å². The molecule has 1 aliphatic rings. The van der Waals surface area contributed by atoms with Crippen molar-refractivity contribution in [3.8, 4) is 0 Å². The number of aliphatic hydroxyl groups excluding tert-OH is 1. The molecule has 0 aromatic carbocycles. The van der Waals surface area contributed by atoms with Crippen molar-refractivity contribution in [3.05, 3.63) is 24.5 Å². The van der Waals surface area contributed by atoms with Crippen molar-refractivity contribution >= 4 is 17.0 Å². The number of rotatable bonds is 4. The number of fused-ring (bicyclic) bond motifs is 1. The second-order valence-corrected chi connectivity index (χ2v) is 5.82.